The fourth-order valence-corrected chi connectivity index (χ4v) is 1.41. The van der Waals surface area contributed by atoms with Crippen molar-refractivity contribution in [3.05, 3.63) is 29.6 Å². The van der Waals surface area contributed by atoms with E-state index in [-0.39, 0.29) is 18.8 Å². The quantitative estimate of drug-likeness (QED) is 0.657. The lowest BCUT2D eigenvalue weighted by Crippen LogP contribution is -2.24. The predicted octanol–water partition coefficient (Wildman–Crippen LogP) is 2.79. The van der Waals surface area contributed by atoms with Gasteiger partial charge in [-0.3, -0.25) is 0 Å². The minimum Gasteiger partial charge on any atom is -0.396 e. The van der Waals surface area contributed by atoms with E-state index in [9.17, 15) is 17.6 Å². The van der Waals surface area contributed by atoms with Crippen LogP contribution in [0.3, 0.4) is 0 Å². The molecule has 0 saturated carbocycles. The molecule has 0 fully saturated rings. The maximum atomic E-state index is 13.1. The van der Waals surface area contributed by atoms with Gasteiger partial charge in [0.2, 0.25) is 0 Å². The van der Waals surface area contributed by atoms with Gasteiger partial charge in [-0.25, -0.2) is 4.39 Å². The molecule has 0 aliphatic rings. The molecule has 96 valence electrons. The molecule has 0 aliphatic carbocycles. The zero-order valence-corrected chi connectivity index (χ0v) is 9.39. The van der Waals surface area contributed by atoms with Crippen molar-refractivity contribution in [1.82, 2.24) is 4.90 Å². The first-order valence-corrected chi connectivity index (χ1v) is 5.08. The van der Waals surface area contributed by atoms with Crippen LogP contribution in [0.25, 0.3) is 0 Å². The number of nitrogen functional groups attached to an aromatic ring is 1. The average Bonchev–Trinajstić information content (AvgIpc) is 2.21. The van der Waals surface area contributed by atoms with E-state index in [1.807, 2.05) is 0 Å². The molecule has 0 spiro atoms. The normalized spacial score (nSPS) is 12.1. The van der Waals surface area contributed by atoms with Crippen LogP contribution >= 0.6 is 0 Å². The van der Waals surface area contributed by atoms with Gasteiger partial charge in [0.15, 0.2) is 0 Å². The Bertz CT molecular complexity index is 376. The van der Waals surface area contributed by atoms with Gasteiger partial charge in [0.1, 0.15) is 5.82 Å². The summed E-state index contributed by atoms with van der Waals surface area (Å²) in [5, 5.41) is 0. The third-order valence-corrected chi connectivity index (χ3v) is 2.36. The van der Waals surface area contributed by atoms with E-state index in [2.05, 4.69) is 0 Å². The second-order valence-corrected chi connectivity index (χ2v) is 3.92. The van der Waals surface area contributed by atoms with Crippen LogP contribution < -0.4 is 5.73 Å². The van der Waals surface area contributed by atoms with E-state index in [4.69, 9.17) is 5.73 Å². The SMILES string of the molecule is CN(CCC(F)(F)F)Cc1cccc(F)c1N. The first kappa shape index (κ1) is 13.8. The van der Waals surface area contributed by atoms with Gasteiger partial charge in [0, 0.05) is 13.1 Å². The van der Waals surface area contributed by atoms with Crippen molar-refractivity contribution in [3.63, 3.8) is 0 Å². The minimum atomic E-state index is -4.18. The molecule has 2 N–H and O–H groups in total. The van der Waals surface area contributed by atoms with Crippen LogP contribution in [-0.2, 0) is 6.54 Å². The fourth-order valence-electron chi connectivity index (χ4n) is 1.41. The maximum absolute atomic E-state index is 13.1. The van der Waals surface area contributed by atoms with E-state index < -0.39 is 18.4 Å². The second kappa shape index (κ2) is 5.35. The molecule has 0 saturated heterocycles. The molecule has 0 bridgehead atoms. The van der Waals surface area contributed by atoms with Crippen LogP contribution in [0.5, 0.6) is 0 Å². The fraction of sp³-hybridized carbons (Fsp3) is 0.455. The van der Waals surface area contributed by atoms with E-state index in [0.717, 1.165) is 0 Å². The molecule has 0 amide bonds. The summed E-state index contributed by atoms with van der Waals surface area (Å²) in [6, 6.07) is 4.30. The van der Waals surface area contributed by atoms with Gasteiger partial charge in [-0.15, -0.1) is 0 Å². The molecular weight excluding hydrogens is 236 g/mol. The van der Waals surface area contributed by atoms with Crippen LogP contribution in [0.15, 0.2) is 18.2 Å². The van der Waals surface area contributed by atoms with Gasteiger partial charge in [-0.1, -0.05) is 12.1 Å². The molecule has 0 atom stereocenters. The van der Waals surface area contributed by atoms with Crippen molar-refractivity contribution in [1.29, 1.82) is 0 Å². The van der Waals surface area contributed by atoms with Crippen LogP contribution in [0.1, 0.15) is 12.0 Å². The van der Waals surface area contributed by atoms with Gasteiger partial charge in [0.25, 0.3) is 0 Å². The Morgan fingerprint density at radius 3 is 2.53 bits per heavy atom. The highest BCUT2D eigenvalue weighted by molar-refractivity contribution is 5.47. The predicted molar refractivity (Wildman–Crippen MR) is 57.8 cm³/mol. The highest BCUT2D eigenvalue weighted by Gasteiger charge is 2.27. The molecule has 2 nitrogen and oxygen atoms in total. The third-order valence-electron chi connectivity index (χ3n) is 2.36. The Kier molecular flexibility index (Phi) is 4.34. The van der Waals surface area contributed by atoms with Gasteiger partial charge >= 0.3 is 6.18 Å². The number of nitrogens with zero attached hydrogens (tertiary/aromatic N) is 1. The summed E-state index contributed by atoms with van der Waals surface area (Å²) < 4.78 is 49.0. The Balaban J connectivity index is 2.56. The number of nitrogens with two attached hydrogens (primary N) is 1. The molecular formula is C11H14F4N2. The molecule has 17 heavy (non-hydrogen) atoms. The van der Waals surface area contributed by atoms with E-state index in [0.29, 0.717) is 5.56 Å². The molecule has 0 aliphatic heterocycles. The molecule has 1 rings (SSSR count). The van der Waals surface area contributed by atoms with Gasteiger partial charge in [-0.2, -0.15) is 13.2 Å². The Hall–Kier alpha value is -1.30. The van der Waals surface area contributed by atoms with Crippen molar-refractivity contribution in [2.75, 3.05) is 19.3 Å². The number of hydrogen-bond donors (Lipinski definition) is 1. The summed E-state index contributed by atoms with van der Waals surface area (Å²) in [5.41, 5.74) is 5.98. The first-order valence-electron chi connectivity index (χ1n) is 5.08. The monoisotopic (exact) mass is 250 g/mol. The van der Waals surface area contributed by atoms with Crippen LogP contribution in [0, 0.1) is 5.82 Å². The van der Waals surface area contributed by atoms with E-state index >= 15 is 0 Å². The topological polar surface area (TPSA) is 29.3 Å². The lowest BCUT2D eigenvalue weighted by atomic mass is 10.1. The van der Waals surface area contributed by atoms with E-state index in [1.165, 1.54) is 24.1 Å². The summed E-state index contributed by atoms with van der Waals surface area (Å²) in [7, 11) is 1.54. The van der Waals surface area contributed by atoms with Crippen LogP contribution in [0.4, 0.5) is 23.2 Å². The number of benzene rings is 1. The summed E-state index contributed by atoms with van der Waals surface area (Å²) >= 11 is 0. The van der Waals surface area contributed by atoms with Crippen LogP contribution in [0.2, 0.25) is 0 Å². The number of rotatable bonds is 4. The summed E-state index contributed by atoms with van der Waals surface area (Å²) in [6.45, 7) is 0.0547. The number of para-hydroxylation sites is 1. The number of halogens is 4. The zero-order chi connectivity index (χ0) is 13.1. The van der Waals surface area contributed by atoms with Gasteiger partial charge in [-0.05, 0) is 18.7 Å². The molecule has 1 aromatic rings. The van der Waals surface area contributed by atoms with Crippen molar-refractivity contribution >= 4 is 5.69 Å². The third kappa shape index (κ3) is 4.60. The highest BCUT2D eigenvalue weighted by atomic mass is 19.4. The van der Waals surface area contributed by atoms with Crippen molar-refractivity contribution in [3.8, 4) is 0 Å². The Morgan fingerprint density at radius 2 is 1.94 bits per heavy atom. The average molecular weight is 250 g/mol. The second-order valence-electron chi connectivity index (χ2n) is 3.92. The maximum Gasteiger partial charge on any atom is 0.390 e. The smallest absolute Gasteiger partial charge is 0.390 e. The molecule has 0 aromatic heterocycles. The summed E-state index contributed by atoms with van der Waals surface area (Å²) in [5.74, 6) is -0.549. The number of anilines is 1. The molecule has 1 aromatic carbocycles. The standard InChI is InChI=1S/C11H14F4N2/c1-17(6-5-11(13,14)15)7-8-3-2-4-9(12)10(8)16/h2-4H,5-7,16H2,1H3. The van der Waals surface area contributed by atoms with Crippen molar-refractivity contribution < 1.29 is 17.6 Å². The van der Waals surface area contributed by atoms with Gasteiger partial charge in [0.05, 0.1) is 12.1 Å². The largest absolute Gasteiger partial charge is 0.396 e. The zero-order valence-electron chi connectivity index (χ0n) is 9.39. The first-order chi connectivity index (χ1) is 7.79. The van der Waals surface area contributed by atoms with E-state index in [1.54, 1.807) is 6.07 Å². The molecule has 0 unspecified atom stereocenters. The van der Waals surface area contributed by atoms with Crippen molar-refractivity contribution in [2.45, 2.75) is 19.1 Å². The van der Waals surface area contributed by atoms with Gasteiger partial charge < -0.3 is 10.6 Å². The number of hydrogen-bond acceptors (Lipinski definition) is 2. The lowest BCUT2D eigenvalue weighted by Gasteiger charge is -2.18. The lowest BCUT2D eigenvalue weighted by molar-refractivity contribution is -0.137. The van der Waals surface area contributed by atoms with Crippen LogP contribution in [-0.4, -0.2) is 24.7 Å². The molecule has 6 heteroatoms. The number of alkyl halides is 3. The molecule has 0 radical (unpaired) electrons. The minimum absolute atomic E-state index is 0.00800. The molecule has 0 heterocycles. The summed E-state index contributed by atoms with van der Waals surface area (Å²) in [4.78, 5) is 1.46. The summed E-state index contributed by atoms with van der Waals surface area (Å²) in [6.07, 6.45) is -5.07. The van der Waals surface area contributed by atoms with Crippen molar-refractivity contribution in [2.24, 2.45) is 0 Å². The Labute approximate surface area is 97.0 Å². The highest BCUT2D eigenvalue weighted by Crippen LogP contribution is 2.21. The Morgan fingerprint density at radius 1 is 1.29 bits per heavy atom.